The van der Waals surface area contributed by atoms with E-state index in [2.05, 4.69) is 0 Å². The number of benzene rings is 3. The number of para-hydroxylation sites is 2. The molecule has 0 aliphatic carbocycles. The summed E-state index contributed by atoms with van der Waals surface area (Å²) in [5.41, 5.74) is 3.75. The maximum Gasteiger partial charge on any atom is 0.263 e. The molecule has 3 aromatic rings. The standard InChI is InChI=1S/C21H13Cl2NO/c22-17-10-6-11-18(23)20(17)24-19-12-5-4-9-15(19)16(21(24)25)13-14-7-2-1-3-8-14/h1-13H/b16-13-. The summed E-state index contributed by atoms with van der Waals surface area (Å²) < 4.78 is 0. The highest BCUT2D eigenvalue weighted by Gasteiger charge is 2.35. The molecule has 2 nitrogen and oxygen atoms in total. The Morgan fingerprint density at radius 2 is 1.40 bits per heavy atom. The average Bonchev–Trinajstić information content (AvgIpc) is 2.89. The fourth-order valence-corrected chi connectivity index (χ4v) is 3.59. The lowest BCUT2D eigenvalue weighted by Crippen LogP contribution is -2.21. The smallest absolute Gasteiger partial charge is 0.263 e. The molecular weight excluding hydrogens is 353 g/mol. The lowest BCUT2D eigenvalue weighted by Gasteiger charge is -2.20. The molecule has 0 radical (unpaired) electrons. The van der Waals surface area contributed by atoms with Gasteiger partial charge in [0.15, 0.2) is 0 Å². The summed E-state index contributed by atoms with van der Waals surface area (Å²) >= 11 is 12.7. The van der Waals surface area contributed by atoms with Crippen molar-refractivity contribution in [2.45, 2.75) is 0 Å². The Morgan fingerprint density at radius 1 is 0.760 bits per heavy atom. The maximum atomic E-state index is 13.2. The Bertz CT molecular complexity index is 976. The number of anilines is 2. The molecule has 0 atom stereocenters. The van der Waals surface area contributed by atoms with Crippen LogP contribution in [0.2, 0.25) is 10.0 Å². The second-order valence-electron chi connectivity index (χ2n) is 5.70. The normalized spacial score (nSPS) is 14.9. The van der Waals surface area contributed by atoms with E-state index in [0.29, 0.717) is 21.3 Å². The van der Waals surface area contributed by atoms with Crippen LogP contribution in [0.15, 0.2) is 72.8 Å². The van der Waals surface area contributed by atoms with Gasteiger partial charge in [0, 0.05) is 5.56 Å². The highest BCUT2D eigenvalue weighted by molar-refractivity contribution is 6.44. The third-order valence-electron chi connectivity index (χ3n) is 4.14. The molecule has 122 valence electrons. The number of amides is 1. The molecule has 0 unspecified atom stereocenters. The van der Waals surface area contributed by atoms with Gasteiger partial charge in [-0.05, 0) is 29.8 Å². The summed E-state index contributed by atoms with van der Waals surface area (Å²) in [5, 5.41) is 0.883. The van der Waals surface area contributed by atoms with Gasteiger partial charge in [-0.3, -0.25) is 9.69 Å². The van der Waals surface area contributed by atoms with Gasteiger partial charge in [-0.1, -0.05) is 77.8 Å². The molecule has 4 heteroatoms. The first-order valence-electron chi connectivity index (χ1n) is 7.81. The first-order valence-corrected chi connectivity index (χ1v) is 8.57. The van der Waals surface area contributed by atoms with Gasteiger partial charge in [0.1, 0.15) is 0 Å². The number of rotatable bonds is 2. The molecule has 1 amide bonds. The van der Waals surface area contributed by atoms with Crippen LogP contribution in [0.4, 0.5) is 11.4 Å². The minimum absolute atomic E-state index is 0.139. The van der Waals surface area contributed by atoms with Gasteiger partial charge in [-0.25, -0.2) is 0 Å². The monoisotopic (exact) mass is 365 g/mol. The van der Waals surface area contributed by atoms with Gasteiger partial charge in [0.05, 0.1) is 27.0 Å². The van der Waals surface area contributed by atoms with Crippen LogP contribution < -0.4 is 4.90 Å². The van der Waals surface area contributed by atoms with Crippen LogP contribution in [0, 0.1) is 0 Å². The molecule has 0 saturated heterocycles. The van der Waals surface area contributed by atoms with Gasteiger partial charge in [-0.15, -0.1) is 0 Å². The average molecular weight is 366 g/mol. The van der Waals surface area contributed by atoms with Crippen LogP contribution in [0.25, 0.3) is 11.6 Å². The second-order valence-corrected chi connectivity index (χ2v) is 6.51. The number of hydrogen-bond acceptors (Lipinski definition) is 1. The Balaban J connectivity index is 1.92. The summed E-state index contributed by atoms with van der Waals surface area (Å²) in [4.78, 5) is 14.8. The van der Waals surface area contributed by atoms with E-state index in [1.807, 2.05) is 60.7 Å². The highest BCUT2D eigenvalue weighted by Crippen LogP contribution is 2.46. The molecule has 0 aromatic heterocycles. The van der Waals surface area contributed by atoms with E-state index in [1.165, 1.54) is 0 Å². The largest absolute Gasteiger partial charge is 0.273 e. The minimum Gasteiger partial charge on any atom is -0.273 e. The van der Waals surface area contributed by atoms with E-state index in [9.17, 15) is 4.79 Å². The molecule has 0 spiro atoms. The minimum atomic E-state index is -0.139. The topological polar surface area (TPSA) is 20.3 Å². The van der Waals surface area contributed by atoms with E-state index in [4.69, 9.17) is 23.2 Å². The van der Waals surface area contributed by atoms with Crippen molar-refractivity contribution < 1.29 is 4.79 Å². The predicted molar refractivity (Wildman–Crippen MR) is 104 cm³/mol. The van der Waals surface area contributed by atoms with E-state index >= 15 is 0 Å². The van der Waals surface area contributed by atoms with Crippen molar-refractivity contribution in [3.05, 3.63) is 94.0 Å². The van der Waals surface area contributed by atoms with Crippen molar-refractivity contribution in [3.8, 4) is 0 Å². The SMILES string of the molecule is O=C1/C(=C\c2ccccc2)c2ccccc2N1c1c(Cl)cccc1Cl. The Labute approximate surface area is 155 Å². The van der Waals surface area contributed by atoms with Crippen molar-refractivity contribution >= 4 is 52.1 Å². The van der Waals surface area contributed by atoms with Crippen LogP contribution >= 0.6 is 23.2 Å². The zero-order valence-corrected chi connectivity index (χ0v) is 14.6. The number of carbonyl (C=O) groups is 1. The van der Waals surface area contributed by atoms with Crippen LogP contribution in [-0.2, 0) is 4.79 Å². The molecule has 0 N–H and O–H groups in total. The van der Waals surface area contributed by atoms with Gasteiger partial charge in [-0.2, -0.15) is 0 Å². The van der Waals surface area contributed by atoms with Crippen molar-refractivity contribution in [1.29, 1.82) is 0 Å². The van der Waals surface area contributed by atoms with E-state index in [0.717, 1.165) is 16.8 Å². The Hall–Kier alpha value is -2.55. The van der Waals surface area contributed by atoms with E-state index in [1.54, 1.807) is 23.1 Å². The zero-order chi connectivity index (χ0) is 17.4. The van der Waals surface area contributed by atoms with Crippen molar-refractivity contribution in [2.75, 3.05) is 4.90 Å². The molecule has 1 aliphatic rings. The third-order valence-corrected chi connectivity index (χ3v) is 4.75. The van der Waals surface area contributed by atoms with Crippen molar-refractivity contribution in [1.82, 2.24) is 0 Å². The first kappa shape index (κ1) is 15.9. The Morgan fingerprint density at radius 3 is 2.12 bits per heavy atom. The van der Waals surface area contributed by atoms with Gasteiger partial charge in [0.2, 0.25) is 0 Å². The molecule has 25 heavy (non-hydrogen) atoms. The molecule has 3 aromatic carbocycles. The predicted octanol–water partition coefficient (Wildman–Crippen LogP) is 6.21. The van der Waals surface area contributed by atoms with E-state index < -0.39 is 0 Å². The van der Waals surface area contributed by atoms with Crippen LogP contribution in [0.3, 0.4) is 0 Å². The van der Waals surface area contributed by atoms with Crippen LogP contribution in [0.1, 0.15) is 11.1 Å². The Kier molecular flexibility index (Phi) is 4.08. The quantitative estimate of drug-likeness (QED) is 0.494. The third kappa shape index (κ3) is 2.74. The molecule has 0 fully saturated rings. The molecule has 4 rings (SSSR count). The summed E-state index contributed by atoms with van der Waals surface area (Å²) in [7, 11) is 0. The number of carbonyl (C=O) groups excluding carboxylic acids is 1. The molecule has 1 heterocycles. The summed E-state index contributed by atoms with van der Waals surface area (Å²) in [5.74, 6) is -0.139. The second kappa shape index (κ2) is 6.40. The first-order chi connectivity index (χ1) is 12.2. The molecule has 0 saturated carbocycles. The highest BCUT2D eigenvalue weighted by atomic mass is 35.5. The lowest BCUT2D eigenvalue weighted by atomic mass is 10.0. The van der Waals surface area contributed by atoms with Gasteiger partial charge in [0.25, 0.3) is 5.91 Å². The van der Waals surface area contributed by atoms with E-state index in [-0.39, 0.29) is 5.91 Å². The fourth-order valence-electron chi connectivity index (χ4n) is 3.02. The van der Waals surface area contributed by atoms with Crippen LogP contribution in [0.5, 0.6) is 0 Å². The summed E-state index contributed by atoms with van der Waals surface area (Å²) in [6.45, 7) is 0. The van der Waals surface area contributed by atoms with Crippen LogP contribution in [-0.4, -0.2) is 5.91 Å². The number of nitrogens with zero attached hydrogens (tertiary/aromatic N) is 1. The maximum absolute atomic E-state index is 13.2. The fraction of sp³-hybridized carbons (Fsp3) is 0. The van der Waals surface area contributed by atoms with Gasteiger partial charge < -0.3 is 0 Å². The molecule has 1 aliphatic heterocycles. The summed E-state index contributed by atoms with van der Waals surface area (Å²) in [6, 6.07) is 22.7. The molecule has 0 bridgehead atoms. The van der Waals surface area contributed by atoms with Gasteiger partial charge >= 0.3 is 0 Å². The number of hydrogen-bond donors (Lipinski definition) is 0. The van der Waals surface area contributed by atoms with Crippen molar-refractivity contribution in [2.24, 2.45) is 0 Å². The zero-order valence-electron chi connectivity index (χ0n) is 13.1. The number of fused-ring (bicyclic) bond motifs is 1. The number of halogens is 2. The van der Waals surface area contributed by atoms with Crippen molar-refractivity contribution in [3.63, 3.8) is 0 Å². The summed E-state index contributed by atoms with van der Waals surface area (Å²) in [6.07, 6.45) is 1.89. The molecular formula is C21H13Cl2NO. The lowest BCUT2D eigenvalue weighted by molar-refractivity contribution is -0.112.